The molecule has 13 heteroatoms. The van der Waals surface area contributed by atoms with Crippen LogP contribution in [0.1, 0.15) is 120 Å². The van der Waals surface area contributed by atoms with E-state index in [1.54, 1.807) is 0 Å². The first-order valence-electron chi connectivity index (χ1n) is 21.0. The monoisotopic (exact) mass is 792 g/mol. The molecular formula is C43H68O13. The smallest absolute Gasteiger partial charge is 0.337 e. The van der Waals surface area contributed by atoms with Crippen molar-refractivity contribution < 1.29 is 63.9 Å². The lowest BCUT2D eigenvalue weighted by Crippen LogP contribution is -2.67. The summed E-state index contributed by atoms with van der Waals surface area (Å²) < 4.78 is 29.1. The SMILES string of the molecule is COC(=O)[C@H]1O[C@@H](O[C@H]2CC[C@@]3(C)C(CC[C@]4(C)[C@@H]3CC=C3[C@@H]5CC(C)(C)CC[C@]5(C(=O)O)CC[C@]34C)C2(C)C)[C@H](O)[C@@H](O[C@@H]2O[C@@H](C)[C@H](O)[C@@H](O)[C@H]2O)[C@@H]1O. The molecule has 6 fully saturated rings. The van der Waals surface area contributed by atoms with Gasteiger partial charge in [0.25, 0.3) is 0 Å². The lowest BCUT2D eigenvalue weighted by Gasteiger charge is -2.71. The van der Waals surface area contributed by atoms with E-state index >= 15 is 0 Å². The van der Waals surface area contributed by atoms with E-state index in [0.717, 1.165) is 58.5 Å². The zero-order valence-corrected chi connectivity index (χ0v) is 34.8. The van der Waals surface area contributed by atoms with Gasteiger partial charge >= 0.3 is 11.9 Å². The second-order valence-electron chi connectivity index (χ2n) is 20.9. The largest absolute Gasteiger partial charge is 0.481 e. The minimum Gasteiger partial charge on any atom is -0.481 e. The Kier molecular flexibility index (Phi) is 10.8. The van der Waals surface area contributed by atoms with Crippen molar-refractivity contribution in [2.75, 3.05) is 7.11 Å². The Hall–Kier alpha value is -1.68. The van der Waals surface area contributed by atoms with Crippen LogP contribution in [0.5, 0.6) is 0 Å². The predicted molar refractivity (Wildman–Crippen MR) is 201 cm³/mol. The lowest BCUT2D eigenvalue weighted by molar-refractivity contribution is -0.363. The minimum absolute atomic E-state index is 0.0255. The van der Waals surface area contributed by atoms with Gasteiger partial charge in [0, 0.05) is 0 Å². The van der Waals surface area contributed by atoms with Crippen molar-refractivity contribution in [2.24, 2.45) is 50.2 Å². The summed E-state index contributed by atoms with van der Waals surface area (Å²) in [4.78, 5) is 26.0. The third-order valence-corrected chi connectivity index (χ3v) is 17.4. The number of hydrogen-bond acceptors (Lipinski definition) is 12. The zero-order valence-electron chi connectivity index (χ0n) is 34.8. The summed E-state index contributed by atoms with van der Waals surface area (Å²) in [5, 5.41) is 64.9. The summed E-state index contributed by atoms with van der Waals surface area (Å²) in [6.07, 6.45) is -4.53. The van der Waals surface area contributed by atoms with Crippen LogP contribution in [0.3, 0.4) is 0 Å². The van der Waals surface area contributed by atoms with E-state index in [4.69, 9.17) is 23.7 Å². The Morgan fingerprint density at radius 3 is 2.07 bits per heavy atom. The zero-order chi connectivity index (χ0) is 41.1. The van der Waals surface area contributed by atoms with Crippen LogP contribution >= 0.6 is 0 Å². The quantitative estimate of drug-likeness (QED) is 0.128. The van der Waals surface area contributed by atoms with Crippen LogP contribution in [0.4, 0.5) is 0 Å². The number of carboxylic acid groups (broad SMARTS) is 1. The highest BCUT2D eigenvalue weighted by atomic mass is 16.7. The molecule has 6 N–H and O–H groups in total. The molecule has 318 valence electrons. The van der Waals surface area contributed by atoms with Gasteiger partial charge in [-0.15, -0.1) is 0 Å². The average molecular weight is 793 g/mol. The van der Waals surface area contributed by atoms with E-state index in [0.29, 0.717) is 18.8 Å². The highest BCUT2D eigenvalue weighted by Crippen LogP contribution is 2.76. The van der Waals surface area contributed by atoms with Crippen molar-refractivity contribution in [3.63, 3.8) is 0 Å². The Bertz CT molecular complexity index is 1560. The first-order valence-corrected chi connectivity index (χ1v) is 21.0. The first-order chi connectivity index (χ1) is 26.0. The van der Waals surface area contributed by atoms with E-state index in [-0.39, 0.29) is 33.5 Å². The number of esters is 1. The molecular weight excluding hydrogens is 724 g/mol. The van der Waals surface area contributed by atoms with Gasteiger partial charge in [0.15, 0.2) is 18.7 Å². The van der Waals surface area contributed by atoms with E-state index < -0.39 is 90.3 Å². The number of aliphatic hydroxyl groups excluding tert-OH is 5. The molecule has 0 spiro atoms. The molecule has 56 heavy (non-hydrogen) atoms. The maximum Gasteiger partial charge on any atom is 0.337 e. The number of allylic oxidation sites excluding steroid dienone is 2. The van der Waals surface area contributed by atoms with Crippen LogP contribution in [0.25, 0.3) is 0 Å². The van der Waals surface area contributed by atoms with Crippen LogP contribution < -0.4 is 0 Å². The summed E-state index contributed by atoms with van der Waals surface area (Å²) in [6.45, 7) is 17.9. The molecule has 2 saturated heterocycles. The van der Waals surface area contributed by atoms with Gasteiger partial charge in [-0.2, -0.15) is 0 Å². The molecule has 5 aliphatic carbocycles. The normalized spacial score (nSPS) is 52.3. The fourth-order valence-electron chi connectivity index (χ4n) is 13.7. The molecule has 7 rings (SSSR count). The number of rotatable bonds is 6. The molecule has 4 saturated carbocycles. The number of ether oxygens (including phenoxy) is 5. The number of carbonyl (C=O) groups excluding carboxylic acids is 1. The summed E-state index contributed by atoms with van der Waals surface area (Å²) in [7, 11) is 1.15. The molecule has 0 aromatic carbocycles. The van der Waals surface area contributed by atoms with Crippen molar-refractivity contribution in [3.8, 4) is 0 Å². The van der Waals surface area contributed by atoms with Gasteiger partial charge in [0.1, 0.15) is 36.6 Å². The Morgan fingerprint density at radius 1 is 0.750 bits per heavy atom. The highest BCUT2D eigenvalue weighted by molar-refractivity contribution is 5.77. The van der Waals surface area contributed by atoms with Crippen LogP contribution in [0.15, 0.2) is 11.6 Å². The number of aliphatic hydroxyl groups is 5. The lowest BCUT2D eigenvalue weighted by atomic mass is 9.33. The molecule has 18 atom stereocenters. The van der Waals surface area contributed by atoms with Gasteiger partial charge in [-0.25, -0.2) is 4.79 Å². The predicted octanol–water partition coefficient (Wildman–Crippen LogP) is 4.09. The number of carbonyl (C=O) groups is 2. The molecule has 2 heterocycles. The maximum atomic E-state index is 13.1. The molecule has 0 bridgehead atoms. The summed E-state index contributed by atoms with van der Waals surface area (Å²) in [6, 6.07) is 0. The fraction of sp³-hybridized carbons (Fsp3) is 0.907. The standard InChI is InChI=1S/C43H68O13/c1-21-27(44)28(45)29(46)35(53-21)55-32-30(47)33(34(49)52-9)56-36(31(32)48)54-26-13-14-40(6)24(39(26,4)5)12-15-42(8)25(40)11-10-22-23-20-38(2,3)16-18-43(23,37(50)51)19-17-41(22,42)7/h10,21,23-33,35-36,44-48H,11-20H2,1-9H3,(H,50,51)/t21-,23-,24?,25+,26-,27-,28+,29+,30-,31+,32-,33-,35-,36+,40-,41+,42+,43-/m0/s1. The molecule has 1 unspecified atom stereocenters. The van der Waals surface area contributed by atoms with Crippen molar-refractivity contribution in [1.82, 2.24) is 0 Å². The molecule has 7 aliphatic rings. The van der Waals surface area contributed by atoms with Gasteiger partial charge in [-0.05, 0) is 116 Å². The van der Waals surface area contributed by atoms with Crippen molar-refractivity contribution in [2.45, 2.75) is 187 Å². The number of aliphatic carboxylic acids is 1. The third kappa shape index (κ3) is 6.18. The van der Waals surface area contributed by atoms with Crippen LogP contribution in [0, 0.1) is 50.2 Å². The second-order valence-corrected chi connectivity index (χ2v) is 20.9. The van der Waals surface area contributed by atoms with Gasteiger partial charge in [0.05, 0.1) is 24.7 Å². The van der Waals surface area contributed by atoms with E-state index in [9.17, 15) is 40.2 Å². The first kappa shape index (κ1) is 42.4. The van der Waals surface area contributed by atoms with Gasteiger partial charge < -0.3 is 54.3 Å². The number of methoxy groups -OCH3 is 1. The number of carboxylic acids is 1. The van der Waals surface area contributed by atoms with Gasteiger partial charge in [-0.1, -0.05) is 60.1 Å². The summed E-state index contributed by atoms with van der Waals surface area (Å²) in [5.74, 6) is -0.893. The van der Waals surface area contributed by atoms with E-state index in [2.05, 4.69) is 54.5 Å². The number of fused-ring (bicyclic) bond motifs is 7. The second kappa shape index (κ2) is 14.2. The van der Waals surface area contributed by atoms with Gasteiger partial charge in [-0.3, -0.25) is 4.79 Å². The average Bonchev–Trinajstić information content (AvgIpc) is 3.12. The van der Waals surface area contributed by atoms with E-state index in [1.165, 1.54) is 12.5 Å². The molecule has 0 aromatic heterocycles. The van der Waals surface area contributed by atoms with E-state index in [1.807, 2.05) is 0 Å². The Morgan fingerprint density at radius 2 is 1.41 bits per heavy atom. The molecule has 2 aliphatic heterocycles. The molecule has 0 aromatic rings. The molecule has 13 nitrogen and oxygen atoms in total. The summed E-state index contributed by atoms with van der Waals surface area (Å²) in [5.41, 5.74) is 0.191. The maximum absolute atomic E-state index is 13.1. The summed E-state index contributed by atoms with van der Waals surface area (Å²) >= 11 is 0. The fourth-order valence-corrected chi connectivity index (χ4v) is 13.7. The van der Waals surface area contributed by atoms with Crippen molar-refractivity contribution in [3.05, 3.63) is 11.6 Å². The van der Waals surface area contributed by atoms with Gasteiger partial charge in [0.2, 0.25) is 0 Å². The Balaban J connectivity index is 1.14. The van der Waals surface area contributed by atoms with Crippen LogP contribution in [0.2, 0.25) is 0 Å². The molecule has 0 radical (unpaired) electrons. The Labute approximate surface area is 331 Å². The van der Waals surface area contributed by atoms with Crippen LogP contribution in [-0.4, -0.2) is 117 Å². The number of hydrogen-bond donors (Lipinski definition) is 6. The molecule has 0 amide bonds. The van der Waals surface area contributed by atoms with Crippen molar-refractivity contribution in [1.29, 1.82) is 0 Å². The third-order valence-electron chi connectivity index (χ3n) is 17.4. The highest BCUT2D eigenvalue weighted by Gasteiger charge is 2.69. The minimum atomic E-state index is -1.74. The topological polar surface area (TPSA) is 202 Å². The van der Waals surface area contributed by atoms with Crippen molar-refractivity contribution >= 4 is 11.9 Å². The van der Waals surface area contributed by atoms with Crippen LogP contribution in [-0.2, 0) is 33.3 Å².